The molecular formula is C22H33IN6O2. The van der Waals surface area contributed by atoms with Crippen molar-refractivity contribution in [2.45, 2.75) is 72.2 Å². The third-order valence-electron chi connectivity index (χ3n) is 5.48. The maximum Gasteiger partial charge on any atom is 0.191 e. The smallest absolute Gasteiger partial charge is 0.191 e. The summed E-state index contributed by atoms with van der Waals surface area (Å²) in [5.41, 5.74) is 2.24. The second kappa shape index (κ2) is 11.0. The summed E-state index contributed by atoms with van der Waals surface area (Å²) in [5, 5.41) is 15.4. The van der Waals surface area contributed by atoms with E-state index in [1.807, 2.05) is 6.92 Å². The molecule has 1 unspecified atom stereocenters. The van der Waals surface area contributed by atoms with Crippen LogP contribution in [0.4, 0.5) is 0 Å². The molecule has 0 spiro atoms. The van der Waals surface area contributed by atoms with Crippen LogP contribution in [0.15, 0.2) is 17.1 Å². The van der Waals surface area contributed by atoms with Crippen molar-refractivity contribution in [1.29, 1.82) is 0 Å². The summed E-state index contributed by atoms with van der Waals surface area (Å²) in [7, 11) is 0. The molecule has 9 heteroatoms. The summed E-state index contributed by atoms with van der Waals surface area (Å²) in [6.07, 6.45) is 4.53. The van der Waals surface area contributed by atoms with Crippen LogP contribution in [0.2, 0.25) is 0 Å². The zero-order valence-electron chi connectivity index (χ0n) is 18.6. The van der Waals surface area contributed by atoms with Crippen LogP contribution in [0.25, 0.3) is 0 Å². The Kier molecular flexibility index (Phi) is 8.39. The zero-order valence-corrected chi connectivity index (χ0v) is 20.9. The van der Waals surface area contributed by atoms with Gasteiger partial charge in [-0.15, -0.1) is 34.2 Å². The summed E-state index contributed by atoms with van der Waals surface area (Å²) in [6.45, 7) is 9.67. The first-order chi connectivity index (χ1) is 14.7. The van der Waals surface area contributed by atoms with E-state index in [9.17, 15) is 0 Å². The number of hydrogen-bond donors (Lipinski definition) is 2. The van der Waals surface area contributed by atoms with Gasteiger partial charge in [-0.2, -0.15) is 0 Å². The van der Waals surface area contributed by atoms with E-state index in [0.29, 0.717) is 19.7 Å². The summed E-state index contributed by atoms with van der Waals surface area (Å²) in [4.78, 5) is 4.78. The van der Waals surface area contributed by atoms with Crippen LogP contribution in [-0.4, -0.2) is 40.0 Å². The zero-order chi connectivity index (χ0) is 20.9. The van der Waals surface area contributed by atoms with Crippen LogP contribution in [0.3, 0.4) is 0 Å². The van der Waals surface area contributed by atoms with Crippen LogP contribution >= 0.6 is 24.0 Å². The molecule has 1 atom stereocenters. The lowest BCUT2D eigenvalue weighted by Gasteiger charge is -2.16. The average molecular weight is 540 g/mol. The van der Waals surface area contributed by atoms with Gasteiger partial charge in [0.2, 0.25) is 0 Å². The van der Waals surface area contributed by atoms with Crippen LogP contribution in [0.1, 0.15) is 56.4 Å². The molecule has 170 valence electrons. The number of hydrogen-bond acceptors (Lipinski definition) is 5. The topological polar surface area (TPSA) is 85.6 Å². The van der Waals surface area contributed by atoms with Crippen molar-refractivity contribution < 1.29 is 9.47 Å². The minimum atomic E-state index is 0. The molecule has 2 aliphatic heterocycles. The number of nitrogens with zero attached hydrogens (tertiary/aromatic N) is 4. The van der Waals surface area contributed by atoms with Gasteiger partial charge in [0.15, 0.2) is 11.8 Å². The molecule has 2 N–H and O–H groups in total. The van der Waals surface area contributed by atoms with E-state index in [2.05, 4.69) is 51.4 Å². The van der Waals surface area contributed by atoms with Crippen molar-refractivity contribution in [1.82, 2.24) is 25.4 Å². The molecule has 0 amide bonds. The highest BCUT2D eigenvalue weighted by atomic mass is 127. The van der Waals surface area contributed by atoms with Gasteiger partial charge in [0.05, 0.1) is 19.7 Å². The third-order valence-corrected chi connectivity index (χ3v) is 5.48. The first kappa shape index (κ1) is 23.6. The molecular weight excluding hydrogens is 507 g/mol. The minimum Gasteiger partial charge on any atom is -0.494 e. The molecule has 0 saturated carbocycles. The number of nitrogens with one attached hydrogen (secondary N) is 2. The summed E-state index contributed by atoms with van der Waals surface area (Å²) < 4.78 is 14.0. The SMILES string of the molecule is CCNC(=NCc1cc2c(cc1OCC)CC(C)O2)NCc1nnc2n1CCCC2.I. The summed E-state index contributed by atoms with van der Waals surface area (Å²) in [5.74, 6) is 4.64. The molecule has 1 aromatic carbocycles. The van der Waals surface area contributed by atoms with Crippen molar-refractivity contribution in [3.8, 4) is 11.5 Å². The number of aromatic nitrogens is 3. The predicted molar refractivity (Wildman–Crippen MR) is 131 cm³/mol. The minimum absolute atomic E-state index is 0. The van der Waals surface area contributed by atoms with Crippen LogP contribution in [0, 0.1) is 0 Å². The number of aliphatic imine (C=N–C) groups is 1. The molecule has 3 heterocycles. The van der Waals surface area contributed by atoms with Crippen molar-refractivity contribution in [3.63, 3.8) is 0 Å². The van der Waals surface area contributed by atoms with Gasteiger partial charge in [0.25, 0.3) is 0 Å². The second-order valence-electron chi connectivity index (χ2n) is 7.82. The molecule has 0 fully saturated rings. The van der Waals surface area contributed by atoms with E-state index in [1.54, 1.807) is 0 Å². The van der Waals surface area contributed by atoms with Crippen molar-refractivity contribution in [2.75, 3.05) is 13.2 Å². The highest BCUT2D eigenvalue weighted by Gasteiger charge is 2.22. The lowest BCUT2D eigenvalue weighted by molar-refractivity contribution is 0.254. The van der Waals surface area contributed by atoms with E-state index >= 15 is 0 Å². The Balaban J connectivity index is 0.00000272. The van der Waals surface area contributed by atoms with E-state index in [4.69, 9.17) is 14.5 Å². The van der Waals surface area contributed by atoms with Crippen LogP contribution in [0.5, 0.6) is 11.5 Å². The number of fused-ring (bicyclic) bond motifs is 2. The van der Waals surface area contributed by atoms with Crippen LogP contribution in [-0.2, 0) is 32.5 Å². The molecule has 0 aliphatic carbocycles. The summed E-state index contributed by atoms with van der Waals surface area (Å²) >= 11 is 0. The number of rotatable bonds is 7. The standard InChI is InChI=1S/C22H32N6O2.HI/c1-4-23-22(25-14-21-27-26-20-8-6-7-9-28(20)21)24-13-17-12-19-16(10-15(3)30-19)11-18(17)29-5-2;/h11-12,15H,4-10,13-14H2,1-3H3,(H2,23,24,25);1H. The molecule has 2 aromatic rings. The van der Waals surface area contributed by atoms with E-state index in [1.165, 1.54) is 18.4 Å². The lowest BCUT2D eigenvalue weighted by atomic mass is 10.1. The fourth-order valence-corrected chi connectivity index (χ4v) is 4.06. The van der Waals surface area contributed by atoms with Gasteiger partial charge in [-0.1, -0.05) is 0 Å². The van der Waals surface area contributed by atoms with Gasteiger partial charge in [-0.25, -0.2) is 4.99 Å². The monoisotopic (exact) mass is 540 g/mol. The fourth-order valence-electron chi connectivity index (χ4n) is 4.06. The average Bonchev–Trinajstić information content (AvgIpc) is 3.32. The number of halogens is 1. The summed E-state index contributed by atoms with van der Waals surface area (Å²) in [6, 6.07) is 4.18. The molecule has 0 saturated heterocycles. The molecule has 0 radical (unpaired) electrons. The van der Waals surface area contributed by atoms with Crippen molar-refractivity contribution >= 4 is 29.9 Å². The molecule has 0 bridgehead atoms. The number of ether oxygens (including phenoxy) is 2. The van der Waals surface area contributed by atoms with E-state index < -0.39 is 0 Å². The van der Waals surface area contributed by atoms with E-state index in [-0.39, 0.29) is 30.1 Å². The predicted octanol–water partition coefficient (Wildman–Crippen LogP) is 3.21. The molecule has 4 rings (SSSR count). The Labute approximate surface area is 201 Å². The van der Waals surface area contributed by atoms with E-state index in [0.717, 1.165) is 60.6 Å². The van der Waals surface area contributed by atoms with Gasteiger partial charge >= 0.3 is 0 Å². The molecule has 8 nitrogen and oxygen atoms in total. The van der Waals surface area contributed by atoms with Gasteiger partial charge in [-0.05, 0) is 45.7 Å². The third kappa shape index (κ3) is 5.61. The lowest BCUT2D eigenvalue weighted by Crippen LogP contribution is -2.37. The Morgan fingerprint density at radius 1 is 1.26 bits per heavy atom. The van der Waals surface area contributed by atoms with Crippen molar-refractivity contribution in [3.05, 3.63) is 34.9 Å². The quantitative estimate of drug-likeness (QED) is 0.319. The maximum atomic E-state index is 5.93. The fraction of sp³-hybridized carbons (Fsp3) is 0.591. The first-order valence-electron chi connectivity index (χ1n) is 11.1. The largest absolute Gasteiger partial charge is 0.494 e. The van der Waals surface area contributed by atoms with Gasteiger partial charge < -0.3 is 24.7 Å². The normalized spacial score (nSPS) is 17.3. The first-order valence-corrected chi connectivity index (χ1v) is 11.1. The van der Waals surface area contributed by atoms with Crippen LogP contribution < -0.4 is 20.1 Å². The molecule has 31 heavy (non-hydrogen) atoms. The van der Waals surface area contributed by atoms with Crippen molar-refractivity contribution in [2.24, 2.45) is 4.99 Å². The molecule has 1 aromatic heterocycles. The number of aryl methyl sites for hydroxylation is 1. The number of guanidine groups is 1. The highest BCUT2D eigenvalue weighted by molar-refractivity contribution is 14.0. The van der Waals surface area contributed by atoms with Gasteiger partial charge in [0.1, 0.15) is 23.4 Å². The van der Waals surface area contributed by atoms with Gasteiger partial charge in [-0.3, -0.25) is 0 Å². The molecule has 2 aliphatic rings. The number of benzene rings is 1. The second-order valence-corrected chi connectivity index (χ2v) is 7.82. The highest BCUT2D eigenvalue weighted by Crippen LogP contribution is 2.35. The van der Waals surface area contributed by atoms with Gasteiger partial charge in [0, 0.05) is 37.1 Å². The Bertz CT molecular complexity index is 914. The maximum absolute atomic E-state index is 5.93. The Hall–Kier alpha value is -2.04. The Morgan fingerprint density at radius 2 is 2.13 bits per heavy atom. The Morgan fingerprint density at radius 3 is 2.94 bits per heavy atom.